The molecular formula is C18H13F4N3O3. The van der Waals surface area contributed by atoms with Crippen LogP contribution in [0.4, 0.5) is 28.0 Å². The van der Waals surface area contributed by atoms with Crippen molar-refractivity contribution < 1.29 is 31.9 Å². The number of carbonyl (C=O) groups excluding carboxylic acids is 3. The second-order valence-corrected chi connectivity index (χ2v) is 6.09. The van der Waals surface area contributed by atoms with Gasteiger partial charge in [-0.1, -0.05) is 29.8 Å². The topological polar surface area (TPSA) is 78.5 Å². The molecule has 0 aliphatic carbocycles. The average Bonchev–Trinajstić information content (AvgIpc) is 2.87. The fraction of sp³-hybridized carbons (Fsp3) is 0.167. The van der Waals surface area contributed by atoms with E-state index in [9.17, 15) is 31.9 Å². The van der Waals surface area contributed by atoms with Crippen LogP contribution in [0.25, 0.3) is 0 Å². The first-order valence-corrected chi connectivity index (χ1v) is 7.94. The van der Waals surface area contributed by atoms with Crippen molar-refractivity contribution in [2.45, 2.75) is 18.8 Å². The van der Waals surface area contributed by atoms with Gasteiger partial charge in [0.05, 0.1) is 5.69 Å². The number of halogens is 4. The van der Waals surface area contributed by atoms with Gasteiger partial charge in [0, 0.05) is 5.56 Å². The van der Waals surface area contributed by atoms with E-state index in [-0.39, 0.29) is 10.5 Å². The monoisotopic (exact) mass is 395 g/mol. The van der Waals surface area contributed by atoms with Crippen molar-refractivity contribution in [3.8, 4) is 0 Å². The number of imide groups is 1. The van der Waals surface area contributed by atoms with Crippen molar-refractivity contribution >= 4 is 23.5 Å². The van der Waals surface area contributed by atoms with Gasteiger partial charge in [-0.05, 0) is 31.2 Å². The SMILES string of the molecule is Cc1ccc(C(=O)NC2(C(F)(F)F)NC(=O)N(c3ccccc3F)C2=O)cc1. The molecule has 2 N–H and O–H groups in total. The molecule has 1 fully saturated rings. The van der Waals surface area contributed by atoms with Crippen LogP contribution >= 0.6 is 0 Å². The third kappa shape index (κ3) is 3.06. The normalized spacial score (nSPS) is 19.5. The molecule has 28 heavy (non-hydrogen) atoms. The maximum absolute atomic E-state index is 14.0. The number of nitrogens with one attached hydrogen (secondary N) is 2. The fourth-order valence-electron chi connectivity index (χ4n) is 2.68. The summed E-state index contributed by atoms with van der Waals surface area (Å²) in [6, 6.07) is 8.36. The number of urea groups is 1. The van der Waals surface area contributed by atoms with E-state index in [1.807, 2.05) is 0 Å². The molecule has 0 spiro atoms. The van der Waals surface area contributed by atoms with Gasteiger partial charge in [0.15, 0.2) is 0 Å². The summed E-state index contributed by atoms with van der Waals surface area (Å²) in [5.41, 5.74) is -3.78. The van der Waals surface area contributed by atoms with Crippen LogP contribution in [-0.2, 0) is 4.79 Å². The lowest BCUT2D eigenvalue weighted by Gasteiger charge is -2.29. The van der Waals surface area contributed by atoms with Crippen molar-refractivity contribution in [1.82, 2.24) is 10.6 Å². The Morgan fingerprint density at radius 2 is 1.68 bits per heavy atom. The zero-order valence-corrected chi connectivity index (χ0v) is 14.3. The van der Waals surface area contributed by atoms with Crippen molar-refractivity contribution in [2.24, 2.45) is 0 Å². The second-order valence-electron chi connectivity index (χ2n) is 6.09. The van der Waals surface area contributed by atoms with E-state index in [1.165, 1.54) is 41.7 Å². The predicted octanol–water partition coefficient (Wildman–Crippen LogP) is 2.88. The average molecular weight is 395 g/mol. The van der Waals surface area contributed by atoms with E-state index in [0.717, 1.165) is 17.7 Å². The van der Waals surface area contributed by atoms with Crippen LogP contribution in [0.3, 0.4) is 0 Å². The summed E-state index contributed by atoms with van der Waals surface area (Å²) in [5, 5.41) is 3.02. The minimum Gasteiger partial charge on any atom is -0.314 e. The second kappa shape index (κ2) is 6.63. The summed E-state index contributed by atoms with van der Waals surface area (Å²) in [6.07, 6.45) is -5.39. The highest BCUT2D eigenvalue weighted by Gasteiger charge is 2.69. The number of hydrogen-bond donors (Lipinski definition) is 2. The summed E-state index contributed by atoms with van der Waals surface area (Å²) >= 11 is 0. The first-order valence-electron chi connectivity index (χ1n) is 7.94. The lowest BCUT2D eigenvalue weighted by atomic mass is 10.1. The molecule has 2 aromatic carbocycles. The zero-order valence-electron chi connectivity index (χ0n) is 14.3. The van der Waals surface area contributed by atoms with Gasteiger partial charge in [-0.15, -0.1) is 0 Å². The van der Waals surface area contributed by atoms with Crippen molar-refractivity contribution in [2.75, 3.05) is 4.90 Å². The number of anilines is 1. The maximum Gasteiger partial charge on any atom is 0.440 e. The molecule has 2 aromatic rings. The first kappa shape index (κ1) is 19.3. The molecule has 1 saturated heterocycles. The Kier molecular flexibility index (Phi) is 4.58. The van der Waals surface area contributed by atoms with Gasteiger partial charge in [-0.2, -0.15) is 13.2 Å². The Morgan fingerprint density at radius 1 is 1.07 bits per heavy atom. The van der Waals surface area contributed by atoms with Gasteiger partial charge >= 0.3 is 12.2 Å². The molecule has 1 unspecified atom stereocenters. The van der Waals surface area contributed by atoms with Gasteiger partial charge < -0.3 is 5.32 Å². The molecule has 1 aliphatic rings. The molecule has 3 rings (SSSR count). The molecular weight excluding hydrogens is 382 g/mol. The minimum atomic E-state index is -5.39. The third-order valence-corrected chi connectivity index (χ3v) is 4.15. The number of aryl methyl sites for hydroxylation is 1. The lowest BCUT2D eigenvalue weighted by Crippen LogP contribution is -2.69. The Labute approximate surface area is 156 Å². The fourth-order valence-corrected chi connectivity index (χ4v) is 2.68. The van der Waals surface area contributed by atoms with Crippen molar-refractivity contribution in [3.05, 3.63) is 65.5 Å². The number of alkyl halides is 3. The molecule has 0 radical (unpaired) electrons. The molecule has 146 valence electrons. The molecule has 6 nitrogen and oxygen atoms in total. The van der Waals surface area contributed by atoms with Gasteiger partial charge in [-0.25, -0.2) is 14.1 Å². The molecule has 4 amide bonds. The van der Waals surface area contributed by atoms with E-state index in [0.29, 0.717) is 0 Å². The number of para-hydroxylation sites is 1. The van der Waals surface area contributed by atoms with Gasteiger partial charge in [0.25, 0.3) is 17.5 Å². The number of carbonyl (C=O) groups is 3. The standard InChI is InChI=1S/C18H13F4N3O3/c1-10-6-8-11(9-7-10)14(26)23-17(18(20,21)22)15(27)25(16(28)24-17)13-5-3-2-4-12(13)19/h2-9H,1H3,(H,23,26)(H,24,28). The van der Waals surface area contributed by atoms with E-state index in [2.05, 4.69) is 0 Å². The number of amides is 4. The Balaban J connectivity index is 2.02. The van der Waals surface area contributed by atoms with E-state index in [1.54, 1.807) is 12.2 Å². The van der Waals surface area contributed by atoms with Crippen LogP contribution in [0.1, 0.15) is 15.9 Å². The number of nitrogens with zero attached hydrogens (tertiary/aromatic N) is 1. The Bertz CT molecular complexity index is 959. The molecule has 0 aromatic heterocycles. The highest BCUT2D eigenvalue weighted by molar-refractivity contribution is 6.24. The third-order valence-electron chi connectivity index (χ3n) is 4.15. The van der Waals surface area contributed by atoms with Gasteiger partial charge in [0.1, 0.15) is 5.82 Å². The number of rotatable bonds is 3. The summed E-state index contributed by atoms with van der Waals surface area (Å²) < 4.78 is 55.4. The first-order chi connectivity index (χ1) is 13.1. The van der Waals surface area contributed by atoms with Crippen LogP contribution in [0.2, 0.25) is 0 Å². The highest BCUT2D eigenvalue weighted by atomic mass is 19.4. The number of benzene rings is 2. The van der Waals surface area contributed by atoms with Crippen LogP contribution in [0, 0.1) is 12.7 Å². The quantitative estimate of drug-likeness (QED) is 0.620. The Hall–Kier alpha value is -3.43. The predicted molar refractivity (Wildman–Crippen MR) is 89.8 cm³/mol. The summed E-state index contributed by atoms with van der Waals surface area (Å²) in [6.45, 7) is 1.71. The molecule has 0 bridgehead atoms. The van der Waals surface area contributed by atoms with E-state index < -0.39 is 41.2 Å². The largest absolute Gasteiger partial charge is 0.440 e. The summed E-state index contributed by atoms with van der Waals surface area (Å²) in [7, 11) is 0. The van der Waals surface area contributed by atoms with E-state index >= 15 is 0 Å². The summed E-state index contributed by atoms with van der Waals surface area (Å²) in [4.78, 5) is 37.1. The van der Waals surface area contributed by atoms with Crippen molar-refractivity contribution in [1.29, 1.82) is 0 Å². The molecule has 1 aliphatic heterocycles. The zero-order chi connectivity index (χ0) is 20.7. The summed E-state index contributed by atoms with van der Waals surface area (Å²) in [5.74, 6) is -4.18. The molecule has 10 heteroatoms. The van der Waals surface area contributed by atoms with Crippen LogP contribution < -0.4 is 15.5 Å². The molecule has 0 saturated carbocycles. The van der Waals surface area contributed by atoms with Crippen LogP contribution in [-0.4, -0.2) is 29.7 Å². The lowest BCUT2D eigenvalue weighted by molar-refractivity contribution is -0.197. The molecule has 1 atom stereocenters. The van der Waals surface area contributed by atoms with E-state index in [4.69, 9.17) is 0 Å². The molecule has 1 heterocycles. The Morgan fingerprint density at radius 3 is 2.25 bits per heavy atom. The minimum absolute atomic E-state index is 0.0121. The van der Waals surface area contributed by atoms with Crippen molar-refractivity contribution in [3.63, 3.8) is 0 Å². The van der Waals surface area contributed by atoms with Crippen LogP contribution in [0.15, 0.2) is 48.5 Å². The van der Waals surface area contributed by atoms with Gasteiger partial charge in [-0.3, -0.25) is 14.9 Å². The smallest absolute Gasteiger partial charge is 0.314 e. The number of hydrogen-bond acceptors (Lipinski definition) is 3. The maximum atomic E-state index is 14.0. The van der Waals surface area contributed by atoms with Crippen LogP contribution in [0.5, 0.6) is 0 Å². The van der Waals surface area contributed by atoms with Gasteiger partial charge in [0.2, 0.25) is 0 Å². The highest BCUT2D eigenvalue weighted by Crippen LogP contribution is 2.36.